The van der Waals surface area contributed by atoms with Crippen molar-refractivity contribution in [1.29, 1.82) is 0 Å². The van der Waals surface area contributed by atoms with Crippen molar-refractivity contribution in [3.05, 3.63) is 28.7 Å². The third-order valence-corrected chi connectivity index (χ3v) is 3.62. The van der Waals surface area contributed by atoms with Crippen LogP contribution in [0.5, 0.6) is 5.88 Å². The number of methoxy groups -OCH3 is 1. The Balaban J connectivity index is 2.14. The number of H-pyrrole nitrogens is 1. The molecule has 0 saturated heterocycles. The van der Waals surface area contributed by atoms with Gasteiger partial charge in [-0.1, -0.05) is 0 Å². The summed E-state index contributed by atoms with van der Waals surface area (Å²) < 4.78 is 5.37. The quantitative estimate of drug-likeness (QED) is 0.881. The average Bonchev–Trinajstić information content (AvgIpc) is 2.78. The number of carbonyl (C=O) groups is 1. The third kappa shape index (κ3) is 2.37. The lowest BCUT2D eigenvalue weighted by atomic mass is 10.1. The maximum Gasteiger partial charge on any atom is 0.271 e. The van der Waals surface area contributed by atoms with Crippen molar-refractivity contribution in [2.24, 2.45) is 0 Å². The molecule has 0 unspecified atom stereocenters. The van der Waals surface area contributed by atoms with Crippen LogP contribution < -0.4 is 10.1 Å². The van der Waals surface area contributed by atoms with Crippen LogP contribution >= 0.6 is 0 Å². The van der Waals surface area contributed by atoms with Gasteiger partial charge in [-0.2, -0.15) is 0 Å². The largest absolute Gasteiger partial charge is 0.480 e. The molecule has 6 heteroatoms. The molecule has 21 heavy (non-hydrogen) atoms. The van der Waals surface area contributed by atoms with E-state index < -0.39 is 0 Å². The van der Waals surface area contributed by atoms with Gasteiger partial charge in [0.25, 0.3) is 5.91 Å². The van der Waals surface area contributed by atoms with Gasteiger partial charge in [-0.05, 0) is 38.3 Å². The van der Waals surface area contributed by atoms with E-state index in [1.165, 1.54) is 0 Å². The van der Waals surface area contributed by atoms with Gasteiger partial charge in [-0.15, -0.1) is 0 Å². The molecule has 0 spiro atoms. The number of fused-ring (bicyclic) bond motifs is 1. The Morgan fingerprint density at radius 1 is 1.29 bits per heavy atom. The normalized spacial score (nSPS) is 14.3. The van der Waals surface area contributed by atoms with Gasteiger partial charge in [0.1, 0.15) is 11.5 Å². The van der Waals surface area contributed by atoms with Gasteiger partial charge >= 0.3 is 0 Å². The van der Waals surface area contributed by atoms with Crippen LogP contribution in [0.25, 0.3) is 11.4 Å². The Hall–Kier alpha value is -2.37. The van der Waals surface area contributed by atoms with E-state index in [1.807, 2.05) is 19.9 Å². The highest BCUT2D eigenvalue weighted by Gasteiger charge is 2.23. The van der Waals surface area contributed by atoms with Crippen molar-refractivity contribution in [3.8, 4) is 17.3 Å². The molecule has 2 N–H and O–H groups in total. The van der Waals surface area contributed by atoms with Crippen molar-refractivity contribution in [1.82, 2.24) is 20.3 Å². The predicted molar refractivity (Wildman–Crippen MR) is 78.5 cm³/mol. The molecule has 110 valence electrons. The van der Waals surface area contributed by atoms with E-state index in [-0.39, 0.29) is 5.91 Å². The number of pyridine rings is 1. The Bertz CT molecular complexity index is 706. The van der Waals surface area contributed by atoms with E-state index >= 15 is 0 Å². The molecule has 3 rings (SSSR count). The Kier molecular flexibility index (Phi) is 3.37. The predicted octanol–water partition coefficient (Wildman–Crippen LogP) is 1.77. The van der Waals surface area contributed by atoms with Gasteiger partial charge in [0.15, 0.2) is 0 Å². The zero-order valence-corrected chi connectivity index (χ0v) is 12.4. The van der Waals surface area contributed by atoms with Gasteiger partial charge in [-0.3, -0.25) is 4.79 Å². The number of hydrogen-bond donors (Lipinski definition) is 2. The van der Waals surface area contributed by atoms with Gasteiger partial charge in [0.05, 0.1) is 12.7 Å². The van der Waals surface area contributed by atoms with Crippen molar-refractivity contribution < 1.29 is 9.53 Å². The van der Waals surface area contributed by atoms with Crippen LogP contribution in [0, 0.1) is 13.8 Å². The zero-order chi connectivity index (χ0) is 15.0. The fourth-order valence-electron chi connectivity index (χ4n) is 2.69. The molecule has 0 fully saturated rings. The number of carbonyl (C=O) groups excluding carboxylic acids is 1. The Labute approximate surface area is 123 Å². The zero-order valence-electron chi connectivity index (χ0n) is 12.4. The minimum absolute atomic E-state index is 0.123. The summed E-state index contributed by atoms with van der Waals surface area (Å²) in [5.41, 5.74) is 4.07. The summed E-state index contributed by atoms with van der Waals surface area (Å²) in [6.45, 7) is 4.59. The lowest BCUT2D eigenvalue weighted by Gasteiger charge is -2.09. The standard InChI is InChI=1S/C15H18N4O2/c1-8-7-9(2)17-15(21-3)11(8)13-18-10-5-4-6-16-14(20)12(10)19-13/h7H,4-6H2,1-3H3,(H,16,20)(H,18,19). The molecular formula is C15H18N4O2. The molecule has 0 radical (unpaired) electrons. The lowest BCUT2D eigenvalue weighted by molar-refractivity contribution is 0.0951. The summed E-state index contributed by atoms with van der Waals surface area (Å²) in [4.78, 5) is 24.1. The number of rotatable bonds is 2. The van der Waals surface area contributed by atoms with Crippen molar-refractivity contribution in [3.63, 3.8) is 0 Å². The number of nitrogens with zero attached hydrogens (tertiary/aromatic N) is 2. The van der Waals surface area contributed by atoms with E-state index in [0.29, 0.717) is 23.9 Å². The van der Waals surface area contributed by atoms with Gasteiger partial charge in [-0.25, -0.2) is 9.97 Å². The fourth-order valence-corrected chi connectivity index (χ4v) is 2.69. The summed E-state index contributed by atoms with van der Waals surface area (Å²) in [6.07, 6.45) is 1.71. The van der Waals surface area contributed by atoms with E-state index in [0.717, 1.165) is 35.4 Å². The van der Waals surface area contributed by atoms with Gasteiger partial charge in [0, 0.05) is 17.9 Å². The molecule has 6 nitrogen and oxygen atoms in total. The number of aromatic amines is 1. The molecule has 2 aromatic rings. The number of imidazole rings is 1. The highest BCUT2D eigenvalue weighted by atomic mass is 16.5. The maximum absolute atomic E-state index is 12.0. The molecule has 1 aliphatic heterocycles. The molecule has 0 aromatic carbocycles. The molecule has 0 aliphatic carbocycles. The molecule has 0 atom stereocenters. The van der Waals surface area contributed by atoms with Crippen LogP contribution in [-0.4, -0.2) is 34.5 Å². The van der Waals surface area contributed by atoms with Gasteiger partial charge < -0.3 is 15.0 Å². The number of nitrogens with one attached hydrogen (secondary N) is 2. The SMILES string of the molecule is COc1nc(C)cc(C)c1-c1nc2c([nH]1)CCCNC2=O. The number of aromatic nitrogens is 3. The second kappa shape index (κ2) is 5.20. The first-order valence-electron chi connectivity index (χ1n) is 7.00. The summed E-state index contributed by atoms with van der Waals surface area (Å²) in [5, 5.41) is 2.85. The monoisotopic (exact) mass is 286 g/mol. The fraction of sp³-hybridized carbons (Fsp3) is 0.400. The summed E-state index contributed by atoms with van der Waals surface area (Å²) in [5.74, 6) is 1.04. The van der Waals surface area contributed by atoms with Crippen LogP contribution in [-0.2, 0) is 6.42 Å². The first-order chi connectivity index (χ1) is 10.1. The highest BCUT2D eigenvalue weighted by molar-refractivity contribution is 5.94. The molecular weight excluding hydrogens is 268 g/mol. The molecule has 1 amide bonds. The summed E-state index contributed by atoms with van der Waals surface area (Å²) >= 11 is 0. The van der Waals surface area contributed by atoms with Crippen molar-refractivity contribution >= 4 is 5.91 Å². The minimum Gasteiger partial charge on any atom is -0.480 e. The number of hydrogen-bond acceptors (Lipinski definition) is 4. The first kappa shape index (κ1) is 13.6. The molecule has 3 heterocycles. The van der Waals surface area contributed by atoms with Crippen LogP contribution in [0.3, 0.4) is 0 Å². The molecule has 1 aliphatic rings. The highest BCUT2D eigenvalue weighted by Crippen LogP contribution is 2.31. The van der Waals surface area contributed by atoms with E-state index in [1.54, 1.807) is 7.11 Å². The smallest absolute Gasteiger partial charge is 0.271 e. The van der Waals surface area contributed by atoms with Gasteiger partial charge in [0.2, 0.25) is 5.88 Å². The molecule has 0 saturated carbocycles. The number of ether oxygens (including phenoxy) is 1. The maximum atomic E-state index is 12.0. The van der Waals surface area contributed by atoms with Crippen LogP contribution in [0.15, 0.2) is 6.07 Å². The molecule has 2 aromatic heterocycles. The van der Waals surface area contributed by atoms with E-state index in [2.05, 4.69) is 20.3 Å². The number of amides is 1. The average molecular weight is 286 g/mol. The second-order valence-electron chi connectivity index (χ2n) is 5.24. The lowest BCUT2D eigenvalue weighted by Crippen LogP contribution is -2.23. The molecule has 0 bridgehead atoms. The van der Waals surface area contributed by atoms with Crippen molar-refractivity contribution in [2.45, 2.75) is 26.7 Å². The Morgan fingerprint density at radius 2 is 2.10 bits per heavy atom. The second-order valence-corrected chi connectivity index (χ2v) is 5.24. The third-order valence-electron chi connectivity index (χ3n) is 3.62. The van der Waals surface area contributed by atoms with E-state index in [9.17, 15) is 4.79 Å². The number of aryl methyl sites for hydroxylation is 3. The van der Waals surface area contributed by atoms with Crippen LogP contribution in [0.4, 0.5) is 0 Å². The topological polar surface area (TPSA) is 79.9 Å². The van der Waals surface area contributed by atoms with Crippen LogP contribution in [0.2, 0.25) is 0 Å². The van der Waals surface area contributed by atoms with Crippen LogP contribution in [0.1, 0.15) is 33.9 Å². The van der Waals surface area contributed by atoms with Crippen molar-refractivity contribution in [2.75, 3.05) is 13.7 Å². The summed E-state index contributed by atoms with van der Waals surface area (Å²) in [7, 11) is 1.59. The minimum atomic E-state index is -0.123. The summed E-state index contributed by atoms with van der Waals surface area (Å²) in [6, 6.07) is 1.98. The van der Waals surface area contributed by atoms with E-state index in [4.69, 9.17) is 4.74 Å². The Morgan fingerprint density at radius 3 is 2.86 bits per heavy atom. The first-order valence-corrected chi connectivity index (χ1v) is 7.00.